The van der Waals surface area contributed by atoms with Crippen molar-refractivity contribution in [3.05, 3.63) is 45.9 Å². The van der Waals surface area contributed by atoms with Crippen molar-refractivity contribution in [1.29, 1.82) is 0 Å². The first-order valence-electron chi connectivity index (χ1n) is 7.16. The summed E-state index contributed by atoms with van der Waals surface area (Å²) in [6.45, 7) is 9.64. The number of aryl methyl sites for hydroxylation is 2. The summed E-state index contributed by atoms with van der Waals surface area (Å²) in [7, 11) is 0. The van der Waals surface area contributed by atoms with Crippen LogP contribution in [-0.2, 0) is 6.54 Å². The summed E-state index contributed by atoms with van der Waals surface area (Å²) in [5, 5.41) is 3.35. The molecule has 114 valence electrons. The summed E-state index contributed by atoms with van der Waals surface area (Å²) >= 11 is 1.74. The highest BCUT2D eigenvalue weighted by Crippen LogP contribution is 2.18. The van der Waals surface area contributed by atoms with E-state index < -0.39 is 0 Å². The molecule has 0 spiro atoms. The third-order valence-electron chi connectivity index (χ3n) is 3.82. The Morgan fingerprint density at radius 2 is 1.71 bits per heavy atom. The Morgan fingerprint density at radius 1 is 1.05 bits per heavy atom. The quantitative estimate of drug-likeness (QED) is 0.861. The van der Waals surface area contributed by atoms with Gasteiger partial charge in [0, 0.05) is 43.8 Å². The molecule has 0 radical (unpaired) electrons. The Bertz CT molecular complexity index is 559. The number of hydrogen-bond acceptors (Lipinski definition) is 4. The second kappa shape index (κ2) is 7.25. The van der Waals surface area contributed by atoms with Crippen molar-refractivity contribution in [1.82, 2.24) is 9.88 Å². The van der Waals surface area contributed by atoms with Crippen LogP contribution in [0.4, 0.5) is 5.69 Å². The Kier molecular flexibility index (Phi) is 5.62. The molecule has 1 fully saturated rings. The molecular formula is C16H22ClN3S. The van der Waals surface area contributed by atoms with Crippen LogP contribution >= 0.6 is 23.7 Å². The van der Waals surface area contributed by atoms with Crippen LogP contribution in [0.1, 0.15) is 16.3 Å². The van der Waals surface area contributed by atoms with Gasteiger partial charge in [-0.05, 0) is 26.0 Å². The first-order chi connectivity index (χ1) is 9.70. The lowest BCUT2D eigenvalue weighted by Crippen LogP contribution is -2.46. The number of piperazine rings is 1. The lowest BCUT2D eigenvalue weighted by molar-refractivity contribution is 0.247. The maximum absolute atomic E-state index is 4.55. The molecule has 1 aliphatic heterocycles. The highest BCUT2D eigenvalue weighted by Gasteiger charge is 2.17. The average molecular weight is 324 g/mol. The van der Waals surface area contributed by atoms with Gasteiger partial charge in [-0.15, -0.1) is 23.7 Å². The lowest BCUT2D eigenvalue weighted by atomic mass is 10.2. The van der Waals surface area contributed by atoms with Crippen molar-refractivity contribution >= 4 is 29.4 Å². The molecule has 0 atom stereocenters. The van der Waals surface area contributed by atoms with Crippen molar-refractivity contribution in [2.24, 2.45) is 0 Å². The fourth-order valence-corrected chi connectivity index (χ4v) is 3.23. The van der Waals surface area contributed by atoms with Crippen molar-refractivity contribution < 1.29 is 0 Å². The number of rotatable bonds is 3. The molecule has 0 unspecified atom stereocenters. The van der Waals surface area contributed by atoms with Gasteiger partial charge in [0.2, 0.25) is 0 Å². The van der Waals surface area contributed by atoms with E-state index in [1.54, 1.807) is 11.3 Å². The van der Waals surface area contributed by atoms with Gasteiger partial charge in [0.1, 0.15) is 0 Å². The van der Waals surface area contributed by atoms with E-state index in [4.69, 9.17) is 0 Å². The van der Waals surface area contributed by atoms with Crippen LogP contribution in [0.15, 0.2) is 29.6 Å². The molecular weight excluding hydrogens is 302 g/mol. The number of aromatic nitrogens is 1. The van der Waals surface area contributed by atoms with Gasteiger partial charge in [-0.25, -0.2) is 4.98 Å². The number of nitrogens with zero attached hydrogens (tertiary/aromatic N) is 3. The zero-order chi connectivity index (χ0) is 13.9. The van der Waals surface area contributed by atoms with Crippen LogP contribution in [0, 0.1) is 13.8 Å². The van der Waals surface area contributed by atoms with Crippen LogP contribution in [0.3, 0.4) is 0 Å². The molecule has 5 heteroatoms. The molecule has 2 heterocycles. The number of halogens is 1. The molecule has 1 aromatic carbocycles. The second-order valence-corrected chi connectivity index (χ2v) is 6.52. The molecule has 1 aliphatic rings. The molecule has 0 saturated carbocycles. The smallest absolute Gasteiger partial charge is 0.0897 e. The van der Waals surface area contributed by atoms with Gasteiger partial charge >= 0.3 is 0 Å². The number of anilines is 1. The Morgan fingerprint density at radius 3 is 2.29 bits per heavy atom. The number of benzene rings is 1. The van der Waals surface area contributed by atoms with E-state index in [0.29, 0.717) is 0 Å². The first kappa shape index (κ1) is 16.3. The Hall–Kier alpha value is -1.10. The van der Waals surface area contributed by atoms with E-state index in [9.17, 15) is 0 Å². The van der Waals surface area contributed by atoms with E-state index >= 15 is 0 Å². The second-order valence-electron chi connectivity index (χ2n) is 5.46. The Balaban J connectivity index is 0.00000161. The molecule has 1 aromatic heterocycles. The van der Waals surface area contributed by atoms with Gasteiger partial charge in [-0.2, -0.15) is 0 Å². The van der Waals surface area contributed by atoms with Crippen LogP contribution in [0.2, 0.25) is 0 Å². The normalized spacial score (nSPS) is 15.8. The summed E-state index contributed by atoms with van der Waals surface area (Å²) in [4.78, 5) is 9.53. The van der Waals surface area contributed by atoms with Crippen LogP contribution in [0.5, 0.6) is 0 Å². The van der Waals surface area contributed by atoms with Gasteiger partial charge in [-0.1, -0.05) is 17.7 Å². The monoisotopic (exact) mass is 323 g/mol. The third kappa shape index (κ3) is 4.19. The minimum Gasteiger partial charge on any atom is -0.369 e. The van der Waals surface area contributed by atoms with Gasteiger partial charge in [0.05, 0.1) is 10.7 Å². The third-order valence-corrected chi connectivity index (χ3v) is 4.65. The van der Waals surface area contributed by atoms with Gasteiger partial charge in [0.25, 0.3) is 0 Å². The SMILES string of the molecule is Cc1ccc(N2CCN(Cc3csc(C)n3)CC2)cc1.Cl. The lowest BCUT2D eigenvalue weighted by Gasteiger charge is -2.35. The molecule has 1 saturated heterocycles. The Labute approximate surface area is 137 Å². The highest BCUT2D eigenvalue weighted by atomic mass is 35.5. The predicted molar refractivity (Wildman–Crippen MR) is 92.8 cm³/mol. The van der Waals surface area contributed by atoms with E-state index in [2.05, 4.69) is 58.3 Å². The fourth-order valence-electron chi connectivity index (χ4n) is 2.63. The summed E-state index contributed by atoms with van der Waals surface area (Å²) in [5.41, 5.74) is 3.89. The first-order valence-corrected chi connectivity index (χ1v) is 8.04. The molecule has 0 amide bonds. The highest BCUT2D eigenvalue weighted by molar-refractivity contribution is 7.09. The minimum absolute atomic E-state index is 0. The predicted octanol–water partition coefficient (Wildman–Crippen LogP) is 3.50. The van der Waals surface area contributed by atoms with E-state index in [1.807, 2.05) is 0 Å². The molecule has 0 aliphatic carbocycles. The van der Waals surface area contributed by atoms with E-state index in [-0.39, 0.29) is 12.4 Å². The van der Waals surface area contributed by atoms with Crippen LogP contribution in [-0.4, -0.2) is 36.1 Å². The topological polar surface area (TPSA) is 19.4 Å². The largest absolute Gasteiger partial charge is 0.369 e. The fraction of sp³-hybridized carbons (Fsp3) is 0.438. The minimum atomic E-state index is 0. The zero-order valence-corrected chi connectivity index (χ0v) is 14.2. The summed E-state index contributed by atoms with van der Waals surface area (Å²) in [6.07, 6.45) is 0. The number of thiazole rings is 1. The van der Waals surface area contributed by atoms with Gasteiger partial charge in [-0.3, -0.25) is 4.90 Å². The van der Waals surface area contributed by atoms with Crippen molar-refractivity contribution in [3.63, 3.8) is 0 Å². The summed E-state index contributed by atoms with van der Waals surface area (Å²) in [5.74, 6) is 0. The molecule has 2 aromatic rings. The van der Waals surface area contributed by atoms with E-state index in [1.165, 1.54) is 22.0 Å². The molecule has 21 heavy (non-hydrogen) atoms. The van der Waals surface area contributed by atoms with Gasteiger partial charge in [0.15, 0.2) is 0 Å². The zero-order valence-electron chi connectivity index (χ0n) is 12.6. The van der Waals surface area contributed by atoms with E-state index in [0.717, 1.165) is 32.7 Å². The molecule has 3 nitrogen and oxygen atoms in total. The summed E-state index contributed by atoms with van der Waals surface area (Å²) < 4.78 is 0. The standard InChI is InChI=1S/C16H21N3S.ClH/c1-13-3-5-16(6-4-13)19-9-7-18(8-10-19)11-15-12-20-14(2)17-15;/h3-6,12H,7-11H2,1-2H3;1H. The maximum atomic E-state index is 4.55. The van der Waals surface area contributed by atoms with Crippen molar-refractivity contribution in [2.45, 2.75) is 20.4 Å². The van der Waals surface area contributed by atoms with Crippen molar-refractivity contribution in [2.75, 3.05) is 31.1 Å². The van der Waals surface area contributed by atoms with Gasteiger partial charge < -0.3 is 4.90 Å². The maximum Gasteiger partial charge on any atom is 0.0897 e. The number of hydrogen-bond donors (Lipinski definition) is 0. The average Bonchev–Trinajstić information content (AvgIpc) is 2.86. The molecule has 0 N–H and O–H groups in total. The molecule has 0 bridgehead atoms. The van der Waals surface area contributed by atoms with Crippen molar-refractivity contribution in [3.8, 4) is 0 Å². The summed E-state index contributed by atoms with van der Waals surface area (Å²) in [6, 6.07) is 8.85. The molecule has 3 rings (SSSR count). The van der Waals surface area contributed by atoms with Crippen LogP contribution < -0.4 is 4.90 Å². The van der Waals surface area contributed by atoms with Crippen LogP contribution in [0.25, 0.3) is 0 Å².